The molecule has 0 bridgehead atoms. The van der Waals surface area contributed by atoms with E-state index in [1.54, 1.807) is 12.0 Å². The van der Waals surface area contributed by atoms with Crippen molar-refractivity contribution in [1.82, 2.24) is 4.90 Å². The highest BCUT2D eigenvalue weighted by atomic mass is 16.5. The van der Waals surface area contributed by atoms with E-state index in [2.05, 4.69) is 0 Å². The van der Waals surface area contributed by atoms with Gasteiger partial charge in [0, 0.05) is 12.6 Å². The lowest BCUT2D eigenvalue weighted by molar-refractivity contribution is 0.0742. The van der Waals surface area contributed by atoms with E-state index in [-0.39, 0.29) is 11.9 Å². The lowest BCUT2D eigenvalue weighted by atomic mass is 10.0. The molecule has 0 fully saturated rings. The van der Waals surface area contributed by atoms with Gasteiger partial charge in [0.05, 0.1) is 13.2 Å². The topological polar surface area (TPSA) is 29.5 Å². The second-order valence-corrected chi connectivity index (χ2v) is 5.61. The van der Waals surface area contributed by atoms with Crippen LogP contribution in [0.15, 0.2) is 42.5 Å². The summed E-state index contributed by atoms with van der Waals surface area (Å²) in [4.78, 5) is 14.5. The molecule has 0 saturated carbocycles. The maximum atomic E-state index is 12.8. The van der Waals surface area contributed by atoms with Crippen LogP contribution in [-0.4, -0.2) is 25.0 Å². The summed E-state index contributed by atoms with van der Waals surface area (Å²) in [5.41, 5.74) is 4.03. The molecule has 2 aromatic carbocycles. The minimum atomic E-state index is -0.00156. The van der Waals surface area contributed by atoms with Gasteiger partial charge < -0.3 is 9.64 Å². The first kappa shape index (κ1) is 16.1. The van der Waals surface area contributed by atoms with E-state index < -0.39 is 0 Å². The van der Waals surface area contributed by atoms with Crippen LogP contribution in [0.2, 0.25) is 0 Å². The van der Waals surface area contributed by atoms with Crippen molar-refractivity contribution in [2.45, 2.75) is 26.8 Å². The Balaban J connectivity index is 2.23. The summed E-state index contributed by atoms with van der Waals surface area (Å²) in [5, 5.41) is 0. The van der Waals surface area contributed by atoms with Crippen LogP contribution >= 0.6 is 0 Å². The number of nitrogens with zero attached hydrogens (tertiary/aromatic N) is 1. The van der Waals surface area contributed by atoms with Gasteiger partial charge in [0.15, 0.2) is 0 Å². The molecule has 2 aromatic rings. The van der Waals surface area contributed by atoms with E-state index in [4.69, 9.17) is 4.74 Å². The minimum absolute atomic E-state index is 0.00156. The lowest BCUT2D eigenvalue weighted by Gasteiger charge is -2.26. The summed E-state index contributed by atoms with van der Waals surface area (Å²) in [6.07, 6.45) is 0. The summed E-state index contributed by atoms with van der Waals surface area (Å²) < 4.78 is 5.17. The first-order valence-electron chi connectivity index (χ1n) is 7.43. The molecular weight excluding hydrogens is 274 g/mol. The monoisotopic (exact) mass is 297 g/mol. The molecule has 0 N–H and O–H groups in total. The first-order valence-corrected chi connectivity index (χ1v) is 7.43. The fraction of sp³-hybridized carbons (Fsp3) is 0.316. The molecule has 0 saturated heterocycles. The largest absolute Gasteiger partial charge is 0.497 e. The van der Waals surface area contributed by atoms with Crippen molar-refractivity contribution in [2.24, 2.45) is 0 Å². The zero-order chi connectivity index (χ0) is 16.3. The molecule has 1 atom stereocenters. The molecule has 0 radical (unpaired) electrons. The molecule has 1 amide bonds. The van der Waals surface area contributed by atoms with Gasteiger partial charge in [0.25, 0.3) is 5.91 Å². The first-order chi connectivity index (χ1) is 10.5. The van der Waals surface area contributed by atoms with Crippen molar-refractivity contribution in [3.05, 3.63) is 64.7 Å². The van der Waals surface area contributed by atoms with Crippen LogP contribution in [0, 0.1) is 13.8 Å². The number of aryl methyl sites for hydroxylation is 1. The number of carbonyl (C=O) groups is 1. The predicted molar refractivity (Wildman–Crippen MR) is 89.4 cm³/mol. The molecule has 0 heterocycles. The van der Waals surface area contributed by atoms with Crippen LogP contribution in [0.5, 0.6) is 5.75 Å². The lowest BCUT2D eigenvalue weighted by Crippen LogP contribution is -2.30. The molecule has 3 heteroatoms. The van der Waals surface area contributed by atoms with Crippen LogP contribution in [0.4, 0.5) is 0 Å². The summed E-state index contributed by atoms with van der Waals surface area (Å²) in [5.74, 6) is 0.865. The van der Waals surface area contributed by atoms with E-state index in [1.165, 1.54) is 0 Å². The third kappa shape index (κ3) is 3.14. The number of amides is 1. The number of methoxy groups -OCH3 is 1. The smallest absolute Gasteiger partial charge is 0.254 e. The van der Waals surface area contributed by atoms with Crippen molar-refractivity contribution in [3.63, 3.8) is 0 Å². The van der Waals surface area contributed by atoms with Crippen LogP contribution in [0.25, 0.3) is 0 Å². The second kappa shape index (κ2) is 6.65. The van der Waals surface area contributed by atoms with Crippen molar-refractivity contribution in [3.8, 4) is 5.75 Å². The average molecular weight is 297 g/mol. The van der Waals surface area contributed by atoms with E-state index >= 15 is 0 Å². The standard InChI is InChI=1S/C19H23NO2/c1-13-7-6-8-18(14(13)2)19(21)20(4)15(3)16-9-11-17(22-5)12-10-16/h6-12,15H,1-5H3. The average Bonchev–Trinajstić information content (AvgIpc) is 2.55. The van der Waals surface area contributed by atoms with Gasteiger partial charge >= 0.3 is 0 Å². The predicted octanol–water partition coefficient (Wildman–Crippen LogP) is 4.15. The van der Waals surface area contributed by atoms with Crippen molar-refractivity contribution in [1.29, 1.82) is 0 Å². The van der Waals surface area contributed by atoms with Crippen LogP contribution in [0.1, 0.15) is 40.0 Å². The highest BCUT2D eigenvalue weighted by molar-refractivity contribution is 5.96. The normalized spacial score (nSPS) is 11.9. The molecule has 0 aliphatic rings. The molecule has 0 aliphatic heterocycles. The van der Waals surface area contributed by atoms with Crippen molar-refractivity contribution < 1.29 is 9.53 Å². The molecule has 0 aliphatic carbocycles. The highest BCUT2D eigenvalue weighted by Gasteiger charge is 2.20. The molecule has 1 unspecified atom stereocenters. The van der Waals surface area contributed by atoms with E-state index in [1.807, 2.05) is 70.3 Å². The Kier molecular flexibility index (Phi) is 4.86. The van der Waals surface area contributed by atoms with Gasteiger partial charge in [-0.25, -0.2) is 0 Å². The van der Waals surface area contributed by atoms with Crippen LogP contribution in [0.3, 0.4) is 0 Å². The summed E-state index contributed by atoms with van der Waals surface area (Å²) >= 11 is 0. The maximum absolute atomic E-state index is 12.8. The third-order valence-electron chi connectivity index (χ3n) is 4.33. The molecule has 0 spiro atoms. The van der Waals surface area contributed by atoms with Gasteiger partial charge in [-0.05, 0) is 55.7 Å². The van der Waals surface area contributed by atoms with Crippen LogP contribution < -0.4 is 4.74 Å². The van der Waals surface area contributed by atoms with Gasteiger partial charge in [0.1, 0.15) is 5.75 Å². The number of hydrogen-bond acceptors (Lipinski definition) is 2. The molecular formula is C19H23NO2. The molecule has 116 valence electrons. The molecule has 0 aromatic heterocycles. The third-order valence-corrected chi connectivity index (χ3v) is 4.33. The van der Waals surface area contributed by atoms with Gasteiger partial charge in [-0.1, -0.05) is 24.3 Å². The Labute approximate surface area is 132 Å². The summed E-state index contributed by atoms with van der Waals surface area (Å²) in [6, 6.07) is 13.7. The zero-order valence-electron chi connectivity index (χ0n) is 13.9. The van der Waals surface area contributed by atoms with Crippen molar-refractivity contribution >= 4 is 5.91 Å². The number of rotatable bonds is 4. The number of carbonyl (C=O) groups excluding carboxylic acids is 1. The van der Waals surface area contributed by atoms with Crippen molar-refractivity contribution in [2.75, 3.05) is 14.2 Å². The summed E-state index contributed by atoms with van der Waals surface area (Å²) in [7, 11) is 3.49. The summed E-state index contributed by atoms with van der Waals surface area (Å²) in [6.45, 7) is 6.05. The quantitative estimate of drug-likeness (QED) is 0.848. The van der Waals surface area contributed by atoms with Gasteiger partial charge in [0.2, 0.25) is 0 Å². The Morgan fingerprint density at radius 2 is 1.73 bits per heavy atom. The van der Waals surface area contributed by atoms with E-state index in [0.29, 0.717) is 0 Å². The number of hydrogen-bond donors (Lipinski definition) is 0. The SMILES string of the molecule is COc1ccc(C(C)N(C)C(=O)c2cccc(C)c2C)cc1. The number of benzene rings is 2. The Hall–Kier alpha value is -2.29. The molecule has 3 nitrogen and oxygen atoms in total. The fourth-order valence-corrected chi connectivity index (χ4v) is 2.45. The van der Waals surface area contributed by atoms with Crippen LogP contribution in [-0.2, 0) is 0 Å². The Morgan fingerprint density at radius 1 is 1.09 bits per heavy atom. The Morgan fingerprint density at radius 3 is 2.32 bits per heavy atom. The molecule has 2 rings (SSSR count). The van der Waals surface area contributed by atoms with Gasteiger partial charge in [-0.3, -0.25) is 4.79 Å². The maximum Gasteiger partial charge on any atom is 0.254 e. The minimum Gasteiger partial charge on any atom is -0.497 e. The fourth-order valence-electron chi connectivity index (χ4n) is 2.45. The molecule has 22 heavy (non-hydrogen) atoms. The van der Waals surface area contributed by atoms with E-state index in [0.717, 1.165) is 28.0 Å². The Bertz CT molecular complexity index is 662. The van der Waals surface area contributed by atoms with E-state index in [9.17, 15) is 4.79 Å². The van der Waals surface area contributed by atoms with Gasteiger partial charge in [-0.15, -0.1) is 0 Å². The zero-order valence-corrected chi connectivity index (χ0v) is 13.9. The highest BCUT2D eigenvalue weighted by Crippen LogP contribution is 2.24. The second-order valence-electron chi connectivity index (χ2n) is 5.61. The number of ether oxygens (including phenoxy) is 1. The van der Waals surface area contributed by atoms with Gasteiger partial charge in [-0.2, -0.15) is 0 Å².